The highest BCUT2D eigenvalue weighted by Crippen LogP contribution is 2.29. The molecule has 1 aromatic heterocycles. The molecule has 5 heteroatoms. The normalized spacial score (nSPS) is 20.7. The van der Waals surface area contributed by atoms with Crippen molar-refractivity contribution in [3.63, 3.8) is 0 Å². The van der Waals surface area contributed by atoms with E-state index in [4.69, 9.17) is 4.74 Å². The lowest BCUT2D eigenvalue weighted by atomic mass is 10.0. The van der Waals surface area contributed by atoms with Crippen molar-refractivity contribution in [2.24, 2.45) is 0 Å². The molecule has 0 bridgehead atoms. The van der Waals surface area contributed by atoms with Crippen LogP contribution in [0.2, 0.25) is 0 Å². The van der Waals surface area contributed by atoms with Crippen molar-refractivity contribution in [1.29, 1.82) is 0 Å². The summed E-state index contributed by atoms with van der Waals surface area (Å²) in [4.78, 5) is 4.63. The number of methoxy groups -OCH3 is 1. The van der Waals surface area contributed by atoms with Crippen LogP contribution >= 0.6 is 23.5 Å². The molecule has 3 nitrogen and oxygen atoms in total. The van der Waals surface area contributed by atoms with Gasteiger partial charge in [0.25, 0.3) is 0 Å². The molecule has 0 spiro atoms. The second kappa shape index (κ2) is 7.57. The number of hydrogen-bond donors (Lipinski definition) is 1. The highest BCUT2D eigenvalue weighted by atomic mass is 32.2. The van der Waals surface area contributed by atoms with E-state index in [2.05, 4.69) is 47.8 Å². The quantitative estimate of drug-likeness (QED) is 0.904. The van der Waals surface area contributed by atoms with Crippen LogP contribution in [0.4, 0.5) is 0 Å². The van der Waals surface area contributed by atoms with Gasteiger partial charge in [0.05, 0.1) is 7.11 Å². The fraction of sp³-hybridized carbons (Fsp3) is 0.667. The van der Waals surface area contributed by atoms with E-state index in [-0.39, 0.29) is 0 Å². The Morgan fingerprint density at radius 2 is 2.25 bits per heavy atom. The Labute approximate surface area is 130 Å². The standard InChI is InChI=1S/C15H24N2OS2/c1-10-8-17-12(11(2)15(10)18-4)7-13(16-3)14-9-19-5-6-20-14/h8,13-14,16H,5-7,9H2,1-4H3. The maximum atomic E-state index is 5.51. The zero-order valence-corrected chi connectivity index (χ0v) is 14.4. The van der Waals surface area contributed by atoms with Crippen LogP contribution in [0.3, 0.4) is 0 Å². The highest BCUT2D eigenvalue weighted by molar-refractivity contribution is 8.06. The molecule has 1 aliphatic rings. The Balaban J connectivity index is 2.14. The van der Waals surface area contributed by atoms with Gasteiger partial charge in [-0.15, -0.1) is 0 Å². The van der Waals surface area contributed by atoms with E-state index in [0.717, 1.165) is 23.4 Å². The number of pyridine rings is 1. The Bertz CT molecular complexity index is 448. The van der Waals surface area contributed by atoms with Crippen molar-refractivity contribution >= 4 is 23.5 Å². The minimum absolute atomic E-state index is 0.478. The van der Waals surface area contributed by atoms with E-state index in [1.54, 1.807) is 7.11 Å². The maximum absolute atomic E-state index is 5.51. The molecule has 1 aliphatic heterocycles. The van der Waals surface area contributed by atoms with Gasteiger partial charge >= 0.3 is 0 Å². The Morgan fingerprint density at radius 3 is 2.85 bits per heavy atom. The lowest BCUT2D eigenvalue weighted by Crippen LogP contribution is -2.41. The van der Waals surface area contributed by atoms with E-state index in [1.807, 2.05) is 13.1 Å². The average molecular weight is 313 g/mol. The van der Waals surface area contributed by atoms with Crippen molar-refractivity contribution in [2.75, 3.05) is 31.4 Å². The zero-order chi connectivity index (χ0) is 14.5. The first-order valence-corrected chi connectivity index (χ1v) is 9.23. The predicted octanol–water partition coefficient (Wildman–Crippen LogP) is 2.69. The minimum atomic E-state index is 0.478. The van der Waals surface area contributed by atoms with Crippen molar-refractivity contribution in [2.45, 2.75) is 31.6 Å². The Hall–Kier alpha value is -0.390. The fourth-order valence-electron chi connectivity index (χ4n) is 2.64. The van der Waals surface area contributed by atoms with Gasteiger partial charge in [-0.2, -0.15) is 23.5 Å². The van der Waals surface area contributed by atoms with Crippen LogP contribution in [0.25, 0.3) is 0 Å². The summed E-state index contributed by atoms with van der Waals surface area (Å²) in [6.45, 7) is 4.16. The Morgan fingerprint density at radius 1 is 1.45 bits per heavy atom. The predicted molar refractivity (Wildman–Crippen MR) is 90.4 cm³/mol. The van der Waals surface area contributed by atoms with Crippen molar-refractivity contribution in [3.05, 3.63) is 23.0 Å². The average Bonchev–Trinajstić information content (AvgIpc) is 2.48. The molecule has 112 valence electrons. The summed E-state index contributed by atoms with van der Waals surface area (Å²) < 4.78 is 5.51. The summed E-state index contributed by atoms with van der Waals surface area (Å²) >= 11 is 4.16. The Kier molecular flexibility index (Phi) is 6.05. The number of nitrogens with zero attached hydrogens (tertiary/aromatic N) is 1. The van der Waals surface area contributed by atoms with Gasteiger partial charge in [-0.1, -0.05) is 0 Å². The van der Waals surface area contributed by atoms with Crippen LogP contribution in [0.1, 0.15) is 16.8 Å². The summed E-state index contributed by atoms with van der Waals surface area (Å²) in [5.74, 6) is 4.76. The number of ether oxygens (including phenoxy) is 1. The molecule has 0 aliphatic carbocycles. The molecule has 0 aromatic carbocycles. The van der Waals surface area contributed by atoms with E-state index in [9.17, 15) is 0 Å². The number of thioether (sulfide) groups is 2. The van der Waals surface area contributed by atoms with Crippen molar-refractivity contribution < 1.29 is 4.74 Å². The van der Waals surface area contributed by atoms with Crippen LogP contribution in [-0.2, 0) is 6.42 Å². The lowest BCUT2D eigenvalue weighted by Gasteiger charge is -2.29. The van der Waals surface area contributed by atoms with Gasteiger partial charge < -0.3 is 10.1 Å². The second-order valence-electron chi connectivity index (χ2n) is 5.13. The molecule has 2 heterocycles. The summed E-state index contributed by atoms with van der Waals surface area (Å²) in [7, 11) is 3.80. The molecular formula is C15H24N2OS2. The summed E-state index contributed by atoms with van der Waals surface area (Å²) in [5, 5.41) is 4.16. The van der Waals surface area contributed by atoms with Gasteiger partial charge in [-0.25, -0.2) is 0 Å². The minimum Gasteiger partial charge on any atom is -0.496 e. The number of likely N-dealkylation sites (N-methyl/N-ethyl adjacent to an activating group) is 1. The third-order valence-electron chi connectivity index (χ3n) is 3.82. The second-order valence-corrected chi connectivity index (χ2v) is 7.63. The van der Waals surface area contributed by atoms with Gasteiger partial charge in [-0.3, -0.25) is 4.98 Å². The number of nitrogens with one attached hydrogen (secondary N) is 1. The third-order valence-corrected chi connectivity index (χ3v) is 6.74. The van der Waals surface area contributed by atoms with Crippen molar-refractivity contribution in [1.82, 2.24) is 10.3 Å². The molecule has 1 saturated heterocycles. The van der Waals surface area contributed by atoms with Gasteiger partial charge in [0.2, 0.25) is 0 Å². The van der Waals surface area contributed by atoms with Crippen LogP contribution in [0.15, 0.2) is 6.20 Å². The fourth-order valence-corrected chi connectivity index (χ4v) is 5.57. The van der Waals surface area contributed by atoms with Crippen molar-refractivity contribution in [3.8, 4) is 5.75 Å². The molecule has 1 fully saturated rings. The van der Waals surface area contributed by atoms with E-state index < -0.39 is 0 Å². The third kappa shape index (κ3) is 3.62. The van der Waals surface area contributed by atoms with Crippen LogP contribution in [-0.4, -0.2) is 47.7 Å². The zero-order valence-electron chi connectivity index (χ0n) is 12.7. The lowest BCUT2D eigenvalue weighted by molar-refractivity contribution is 0.406. The van der Waals surface area contributed by atoms with E-state index >= 15 is 0 Å². The van der Waals surface area contributed by atoms with Crippen LogP contribution in [0, 0.1) is 13.8 Å². The molecular weight excluding hydrogens is 288 g/mol. The number of rotatable bonds is 5. The largest absolute Gasteiger partial charge is 0.496 e. The molecule has 2 atom stereocenters. The van der Waals surface area contributed by atoms with Crippen LogP contribution in [0.5, 0.6) is 5.75 Å². The first kappa shape index (κ1) is 16.0. The summed E-state index contributed by atoms with van der Waals surface area (Å²) in [5.41, 5.74) is 3.45. The summed E-state index contributed by atoms with van der Waals surface area (Å²) in [6.07, 6.45) is 2.90. The maximum Gasteiger partial charge on any atom is 0.128 e. The van der Waals surface area contributed by atoms with Crippen LogP contribution < -0.4 is 10.1 Å². The van der Waals surface area contributed by atoms with Gasteiger partial charge in [0.15, 0.2) is 0 Å². The molecule has 1 aromatic rings. The van der Waals surface area contributed by atoms with Gasteiger partial charge in [-0.05, 0) is 20.9 Å². The molecule has 2 unspecified atom stereocenters. The highest BCUT2D eigenvalue weighted by Gasteiger charge is 2.25. The first-order valence-electron chi connectivity index (χ1n) is 7.03. The molecule has 2 rings (SSSR count). The smallest absolute Gasteiger partial charge is 0.128 e. The topological polar surface area (TPSA) is 34.2 Å². The molecule has 0 amide bonds. The summed E-state index contributed by atoms with van der Waals surface area (Å²) in [6, 6.07) is 0.478. The SMILES string of the molecule is CNC(Cc1ncc(C)c(OC)c1C)C1CSCCS1. The van der Waals surface area contributed by atoms with Gasteiger partial charge in [0.1, 0.15) is 5.75 Å². The molecule has 0 radical (unpaired) electrons. The number of aromatic nitrogens is 1. The number of hydrogen-bond acceptors (Lipinski definition) is 5. The molecule has 20 heavy (non-hydrogen) atoms. The van der Waals surface area contributed by atoms with E-state index in [1.165, 1.54) is 22.8 Å². The monoisotopic (exact) mass is 312 g/mol. The van der Waals surface area contributed by atoms with Gasteiger partial charge in [0, 0.05) is 58.0 Å². The molecule has 0 saturated carbocycles. The number of aryl methyl sites for hydroxylation is 1. The first-order chi connectivity index (χ1) is 9.67. The molecule has 1 N–H and O–H groups in total. The van der Waals surface area contributed by atoms with E-state index in [0.29, 0.717) is 11.3 Å².